The third-order valence-electron chi connectivity index (χ3n) is 14.2. The van der Waals surface area contributed by atoms with Crippen LogP contribution in [0, 0.1) is 6.92 Å². The number of rotatable bonds is 21. The molecule has 4 aromatic rings. The van der Waals surface area contributed by atoms with Gasteiger partial charge in [0.15, 0.2) is 29.2 Å². The molecule has 3 N–H and O–H groups in total. The van der Waals surface area contributed by atoms with Crippen molar-refractivity contribution in [2.24, 2.45) is 0 Å². The van der Waals surface area contributed by atoms with Crippen LogP contribution in [-0.2, 0) is 19.1 Å². The molecule has 0 saturated carbocycles. The number of benzene rings is 4. The van der Waals surface area contributed by atoms with Crippen molar-refractivity contribution >= 4 is 62.1 Å². The van der Waals surface area contributed by atoms with Gasteiger partial charge < -0.3 is 44.2 Å². The summed E-state index contributed by atoms with van der Waals surface area (Å²) in [5.74, 6) is 0.687. The molecule has 1 unspecified atom stereocenters. The van der Waals surface area contributed by atoms with Crippen LogP contribution in [0.2, 0.25) is 51.4 Å². The Bertz CT molecular complexity index is 2750. The highest BCUT2D eigenvalue weighted by Crippen LogP contribution is 2.49. The summed E-state index contributed by atoms with van der Waals surface area (Å²) < 4.78 is 37.0. The molecule has 0 aromatic heterocycles. The summed E-state index contributed by atoms with van der Waals surface area (Å²) >= 11 is 0. The Hall–Kier alpha value is -6.12. The maximum absolute atomic E-state index is 15.1. The van der Waals surface area contributed by atoms with Crippen molar-refractivity contribution in [1.82, 2.24) is 9.80 Å². The molecule has 15 nitrogen and oxygen atoms in total. The Morgan fingerprint density at radius 1 is 0.699 bits per heavy atom. The fourth-order valence-corrected chi connectivity index (χ4v) is 11.2. The monoisotopic (exact) mass is 1030 g/mol. The van der Waals surface area contributed by atoms with E-state index in [9.17, 15) is 14.7 Å². The fourth-order valence-electron chi connectivity index (χ4n) is 9.73. The number of hydrogen-bond acceptors (Lipinski definition) is 12. The lowest BCUT2D eigenvalue weighted by atomic mass is 9.87. The van der Waals surface area contributed by atoms with Crippen LogP contribution in [0.5, 0.6) is 23.0 Å². The largest absolute Gasteiger partial charge is 0.493 e. The Morgan fingerprint density at radius 2 is 1.26 bits per heavy atom. The molecular formula is C56H73N5O10Si2. The highest BCUT2D eigenvalue weighted by molar-refractivity contribution is 6.76. The molecule has 0 bridgehead atoms. The number of anilines is 3. The van der Waals surface area contributed by atoms with E-state index in [1.165, 1.54) is 7.11 Å². The Labute approximate surface area is 432 Å². The van der Waals surface area contributed by atoms with E-state index in [1.54, 1.807) is 57.2 Å². The molecule has 3 amide bonds. The summed E-state index contributed by atoms with van der Waals surface area (Å²) in [6, 6.07) is 23.7. The number of carbonyl (C=O) groups excluding carboxylic acids is 3. The molecule has 3 atom stereocenters. The van der Waals surface area contributed by atoms with Gasteiger partial charge in [-0.15, -0.1) is 0 Å². The van der Waals surface area contributed by atoms with E-state index >= 15 is 4.79 Å². The highest BCUT2D eigenvalue weighted by Gasteiger charge is 2.54. The third-order valence-corrected chi connectivity index (χ3v) is 17.6. The average molecular weight is 1030 g/mol. The number of nitrogen functional groups attached to an aromatic ring is 1. The van der Waals surface area contributed by atoms with E-state index < -0.39 is 34.0 Å². The molecule has 4 heterocycles. The molecule has 390 valence electrons. The summed E-state index contributed by atoms with van der Waals surface area (Å²) in [4.78, 5) is 51.1. The molecule has 4 aliphatic heterocycles. The van der Waals surface area contributed by atoms with Crippen molar-refractivity contribution in [1.29, 1.82) is 0 Å². The summed E-state index contributed by atoms with van der Waals surface area (Å²) in [5, 5.41) is 12.1. The smallest absolute Gasteiger partial charge is 0.261 e. The Morgan fingerprint density at radius 3 is 1.85 bits per heavy atom. The zero-order valence-electron chi connectivity index (χ0n) is 44.2. The maximum atomic E-state index is 15.1. The number of methoxy groups -OCH3 is 2. The molecule has 4 aliphatic rings. The molecule has 0 fully saturated rings. The number of amides is 3. The van der Waals surface area contributed by atoms with E-state index in [-0.39, 0.29) is 50.0 Å². The van der Waals surface area contributed by atoms with Crippen molar-refractivity contribution in [3.05, 3.63) is 113 Å². The number of aliphatic hydroxyl groups excluding tert-OH is 1. The molecule has 8 rings (SSSR count). The van der Waals surface area contributed by atoms with Gasteiger partial charge in [0.1, 0.15) is 25.0 Å². The molecule has 0 saturated heterocycles. The van der Waals surface area contributed by atoms with Crippen LogP contribution < -0.4 is 34.5 Å². The van der Waals surface area contributed by atoms with Gasteiger partial charge in [0, 0.05) is 84.4 Å². The van der Waals surface area contributed by atoms with Gasteiger partial charge in [-0.1, -0.05) is 88.2 Å². The first-order valence-corrected chi connectivity index (χ1v) is 32.8. The van der Waals surface area contributed by atoms with Crippen LogP contribution in [0.25, 0.3) is 11.1 Å². The van der Waals surface area contributed by atoms with Crippen LogP contribution in [0.1, 0.15) is 71.4 Å². The molecule has 17 heteroatoms. The Balaban J connectivity index is 1.03. The predicted octanol–water partition coefficient (Wildman–Crippen LogP) is 9.90. The number of carbonyl (C=O) groups is 3. The van der Waals surface area contributed by atoms with Gasteiger partial charge in [0.05, 0.1) is 44.4 Å². The average Bonchev–Trinajstić information content (AvgIpc) is 3.96. The van der Waals surface area contributed by atoms with E-state index in [2.05, 4.69) is 39.3 Å². The number of ether oxygens (including phenoxy) is 6. The number of aliphatic hydroxyl groups is 1. The first-order chi connectivity index (χ1) is 34.7. The lowest BCUT2D eigenvalue weighted by Crippen LogP contribution is -2.56. The van der Waals surface area contributed by atoms with Gasteiger partial charge >= 0.3 is 0 Å². The van der Waals surface area contributed by atoms with Gasteiger partial charge in [-0.25, -0.2) is 0 Å². The number of fused-ring (bicyclic) bond motifs is 4. The van der Waals surface area contributed by atoms with E-state index in [1.807, 2.05) is 68.6 Å². The minimum absolute atomic E-state index is 0.00743. The summed E-state index contributed by atoms with van der Waals surface area (Å²) in [6.07, 6.45) is 4.05. The number of nitrogens with two attached hydrogens (primary N) is 1. The lowest BCUT2D eigenvalue weighted by Gasteiger charge is -2.36. The zero-order valence-corrected chi connectivity index (χ0v) is 46.2. The molecule has 0 aliphatic carbocycles. The molecular weight excluding hydrogens is 959 g/mol. The second-order valence-electron chi connectivity index (χ2n) is 21.9. The Kier molecular flexibility index (Phi) is 15.9. The summed E-state index contributed by atoms with van der Waals surface area (Å²) in [7, 11) is 0.173. The number of nitrogens with zero attached hydrogens (tertiary/aromatic N) is 4. The fraction of sp³-hybridized carbons (Fsp3) is 0.446. The van der Waals surface area contributed by atoms with Crippen LogP contribution >= 0.6 is 0 Å². The standard InChI is InChI=1S/C56H73N5O10Si2/c1-11-56-32-41(39-17-19-42(57)20-18-39)34-61(56)53(63)44-29-49(67-4)51(31-46(44)60(55(56)65)36-69-24-26-73(8,9)10)71-22-12-21-70-50-30-45-43(28-48(50)66-3)52(62)58-33-40(38-15-13-37(2)14-16-38)27-47(58)54(64)59(45)35-68-23-25-72(5,6)7/h13-20,28-31,33-34,47,52,62H,11-12,21-27,32,35-36,57H2,1-10H3/t47-,52?,56-/m0/s1. The van der Waals surface area contributed by atoms with Crippen LogP contribution in [-0.4, -0.2) is 114 Å². The van der Waals surface area contributed by atoms with Gasteiger partial charge in [-0.2, -0.15) is 0 Å². The second kappa shape index (κ2) is 21.8. The van der Waals surface area contributed by atoms with Crippen molar-refractivity contribution in [2.45, 2.75) is 109 Å². The van der Waals surface area contributed by atoms with Crippen molar-refractivity contribution in [3.8, 4) is 23.0 Å². The number of hydrogen-bond donors (Lipinski definition) is 2. The third kappa shape index (κ3) is 11.4. The maximum Gasteiger partial charge on any atom is 0.261 e. The normalized spacial score (nSPS) is 19.7. The lowest BCUT2D eigenvalue weighted by molar-refractivity contribution is -0.128. The molecule has 0 spiro atoms. The predicted molar refractivity (Wildman–Crippen MR) is 292 cm³/mol. The van der Waals surface area contributed by atoms with Crippen LogP contribution in [0.4, 0.5) is 17.1 Å². The minimum Gasteiger partial charge on any atom is -0.493 e. The van der Waals surface area contributed by atoms with Crippen molar-refractivity contribution in [3.63, 3.8) is 0 Å². The SMILES string of the molecule is CC[C@@]12CC(c3ccc(N)cc3)=CN1C(=O)c1cc(OC)c(OCCCOc3cc4c(cc3OC)C(O)N3C=C(c5ccc(C)cc5)C[C@H]3C(=O)N4COCC[Si](C)(C)C)cc1N(COCC[Si](C)(C)C)C2=O. The van der Waals surface area contributed by atoms with E-state index in [4.69, 9.17) is 34.2 Å². The van der Waals surface area contributed by atoms with E-state index in [0.29, 0.717) is 84.5 Å². The summed E-state index contributed by atoms with van der Waals surface area (Å²) in [6.45, 7) is 18.9. The van der Waals surface area contributed by atoms with Gasteiger partial charge in [0.2, 0.25) is 0 Å². The van der Waals surface area contributed by atoms with Gasteiger partial charge in [-0.3, -0.25) is 29.1 Å². The molecule has 0 radical (unpaired) electrons. The van der Waals surface area contributed by atoms with Crippen LogP contribution in [0.15, 0.2) is 85.2 Å². The topological polar surface area (TPSA) is 166 Å². The summed E-state index contributed by atoms with van der Waals surface area (Å²) in [5.41, 5.74) is 11.9. The second-order valence-corrected chi connectivity index (χ2v) is 33.1. The molecule has 4 aromatic carbocycles. The molecule has 73 heavy (non-hydrogen) atoms. The highest BCUT2D eigenvalue weighted by atomic mass is 28.3. The first-order valence-electron chi connectivity index (χ1n) is 25.4. The van der Waals surface area contributed by atoms with Crippen molar-refractivity contribution < 1.29 is 47.9 Å². The van der Waals surface area contributed by atoms with Crippen LogP contribution in [0.3, 0.4) is 0 Å². The van der Waals surface area contributed by atoms with E-state index in [0.717, 1.165) is 39.9 Å². The van der Waals surface area contributed by atoms with Crippen molar-refractivity contribution in [2.75, 3.05) is 69.6 Å². The quantitative estimate of drug-likeness (QED) is 0.0462. The van der Waals surface area contributed by atoms with Gasteiger partial charge in [-0.05, 0) is 72.0 Å². The number of aryl methyl sites for hydroxylation is 1. The van der Waals surface area contributed by atoms with Gasteiger partial charge in [0.25, 0.3) is 17.7 Å². The minimum atomic E-state index is -1.46. The zero-order chi connectivity index (χ0) is 52.4. The first kappa shape index (κ1) is 53.2.